The van der Waals surface area contributed by atoms with Crippen LogP contribution < -0.4 is 11.1 Å². The van der Waals surface area contributed by atoms with Gasteiger partial charge in [0.25, 0.3) is 11.6 Å². The van der Waals surface area contributed by atoms with Crippen LogP contribution in [0.5, 0.6) is 0 Å². The molecule has 7 nitrogen and oxygen atoms in total. The van der Waals surface area contributed by atoms with E-state index in [1.165, 1.54) is 18.2 Å². The van der Waals surface area contributed by atoms with E-state index in [-0.39, 0.29) is 22.8 Å². The SMILES string of the molecule is Nc1ncc([N+](=O)[O-])cc1C(=O)Nc1ccc(Br)cc1F. The molecule has 0 radical (unpaired) electrons. The normalized spacial score (nSPS) is 10.2. The molecular formula is C12H8BrFN4O3. The summed E-state index contributed by atoms with van der Waals surface area (Å²) in [5.41, 5.74) is 4.85. The van der Waals surface area contributed by atoms with E-state index < -0.39 is 16.6 Å². The van der Waals surface area contributed by atoms with Gasteiger partial charge in [-0.25, -0.2) is 9.37 Å². The summed E-state index contributed by atoms with van der Waals surface area (Å²) >= 11 is 3.09. The van der Waals surface area contributed by atoms with Crippen LogP contribution in [-0.4, -0.2) is 15.8 Å². The Bertz CT molecular complexity index is 738. The lowest BCUT2D eigenvalue weighted by Gasteiger charge is -2.08. The molecule has 1 amide bonds. The molecule has 21 heavy (non-hydrogen) atoms. The van der Waals surface area contributed by atoms with E-state index in [4.69, 9.17) is 5.73 Å². The Labute approximate surface area is 126 Å². The maximum absolute atomic E-state index is 13.6. The van der Waals surface area contributed by atoms with Crippen molar-refractivity contribution in [3.05, 3.63) is 56.4 Å². The zero-order chi connectivity index (χ0) is 15.6. The van der Waals surface area contributed by atoms with Gasteiger partial charge in [0.05, 0.1) is 16.2 Å². The van der Waals surface area contributed by atoms with Crippen molar-refractivity contribution < 1.29 is 14.1 Å². The van der Waals surface area contributed by atoms with Gasteiger partial charge in [-0.1, -0.05) is 15.9 Å². The Balaban J connectivity index is 2.32. The number of carbonyl (C=O) groups excluding carboxylic acids is 1. The number of nitrogens with one attached hydrogen (secondary N) is 1. The third kappa shape index (κ3) is 3.31. The van der Waals surface area contributed by atoms with Crippen LogP contribution in [0.15, 0.2) is 34.9 Å². The summed E-state index contributed by atoms with van der Waals surface area (Å²) in [6, 6.07) is 5.03. The van der Waals surface area contributed by atoms with E-state index in [1.54, 1.807) is 0 Å². The van der Waals surface area contributed by atoms with Gasteiger partial charge in [-0.3, -0.25) is 14.9 Å². The highest BCUT2D eigenvalue weighted by molar-refractivity contribution is 9.10. The molecular weight excluding hydrogens is 347 g/mol. The number of hydrogen-bond donors (Lipinski definition) is 2. The predicted molar refractivity (Wildman–Crippen MR) is 77.4 cm³/mol. The Kier molecular flexibility index (Phi) is 4.13. The van der Waals surface area contributed by atoms with E-state index in [1.807, 2.05) is 0 Å². The number of carbonyl (C=O) groups is 1. The Morgan fingerprint density at radius 1 is 1.43 bits per heavy atom. The molecule has 0 bridgehead atoms. The lowest BCUT2D eigenvalue weighted by molar-refractivity contribution is -0.385. The lowest BCUT2D eigenvalue weighted by atomic mass is 10.2. The molecule has 9 heteroatoms. The molecule has 0 atom stereocenters. The number of nitrogen functional groups attached to an aromatic ring is 1. The highest BCUT2D eigenvalue weighted by Crippen LogP contribution is 2.22. The number of rotatable bonds is 3. The monoisotopic (exact) mass is 354 g/mol. The second-order valence-corrected chi connectivity index (χ2v) is 4.88. The standard InChI is InChI=1S/C12H8BrFN4O3/c13-6-1-2-10(9(14)3-6)17-12(19)8-4-7(18(20)21)5-16-11(8)15/h1-5H,(H2,15,16)(H,17,19). The number of benzene rings is 1. The molecule has 2 aromatic rings. The van der Waals surface area contributed by atoms with Crippen LogP contribution in [0.4, 0.5) is 21.6 Å². The number of aromatic nitrogens is 1. The van der Waals surface area contributed by atoms with E-state index in [2.05, 4.69) is 26.2 Å². The topological polar surface area (TPSA) is 111 Å². The first-order chi connectivity index (χ1) is 9.88. The van der Waals surface area contributed by atoms with E-state index in [0.717, 1.165) is 12.3 Å². The van der Waals surface area contributed by atoms with Crippen molar-refractivity contribution in [1.82, 2.24) is 4.98 Å². The van der Waals surface area contributed by atoms with Crippen molar-refractivity contribution in [1.29, 1.82) is 0 Å². The maximum atomic E-state index is 13.6. The number of nitro groups is 1. The third-order valence-electron chi connectivity index (χ3n) is 2.54. The van der Waals surface area contributed by atoms with Gasteiger partial charge in [0.2, 0.25) is 0 Å². The average molecular weight is 355 g/mol. The number of hydrogen-bond acceptors (Lipinski definition) is 5. The zero-order valence-corrected chi connectivity index (χ0v) is 11.9. The first-order valence-corrected chi connectivity index (χ1v) is 6.34. The predicted octanol–water partition coefficient (Wildman–Crippen LogP) is 2.73. The van der Waals surface area contributed by atoms with Crippen molar-refractivity contribution in [2.45, 2.75) is 0 Å². The second kappa shape index (κ2) is 5.83. The molecule has 0 aliphatic heterocycles. The summed E-state index contributed by atoms with van der Waals surface area (Å²) in [6.07, 6.45) is 0.937. The fourth-order valence-corrected chi connectivity index (χ4v) is 1.86. The fourth-order valence-electron chi connectivity index (χ4n) is 1.53. The molecule has 0 unspecified atom stereocenters. The van der Waals surface area contributed by atoms with Crippen molar-refractivity contribution >= 4 is 39.0 Å². The van der Waals surface area contributed by atoms with Crippen LogP contribution in [0.1, 0.15) is 10.4 Å². The molecule has 0 saturated carbocycles. The number of nitrogens with two attached hydrogens (primary N) is 1. The van der Waals surface area contributed by atoms with Gasteiger partial charge in [0.1, 0.15) is 17.8 Å². The molecule has 1 aromatic heterocycles. The number of anilines is 2. The molecule has 108 valence electrons. The van der Waals surface area contributed by atoms with Crippen LogP contribution in [0, 0.1) is 15.9 Å². The lowest BCUT2D eigenvalue weighted by Crippen LogP contribution is -2.16. The van der Waals surface area contributed by atoms with Gasteiger partial charge in [0.15, 0.2) is 0 Å². The molecule has 0 saturated heterocycles. The van der Waals surface area contributed by atoms with Crippen LogP contribution in [0.2, 0.25) is 0 Å². The minimum absolute atomic E-state index is 0.0749. The number of pyridine rings is 1. The highest BCUT2D eigenvalue weighted by atomic mass is 79.9. The minimum Gasteiger partial charge on any atom is -0.383 e. The molecule has 1 aromatic carbocycles. The Morgan fingerprint density at radius 3 is 2.76 bits per heavy atom. The molecule has 0 aliphatic carbocycles. The fraction of sp³-hybridized carbons (Fsp3) is 0. The number of halogens is 2. The largest absolute Gasteiger partial charge is 0.383 e. The number of nitrogens with zero attached hydrogens (tertiary/aromatic N) is 2. The first-order valence-electron chi connectivity index (χ1n) is 5.55. The van der Waals surface area contributed by atoms with Gasteiger partial charge >= 0.3 is 0 Å². The third-order valence-corrected chi connectivity index (χ3v) is 3.03. The van der Waals surface area contributed by atoms with E-state index in [0.29, 0.717) is 4.47 Å². The van der Waals surface area contributed by atoms with Crippen molar-refractivity contribution in [2.75, 3.05) is 11.1 Å². The summed E-state index contributed by atoms with van der Waals surface area (Å²) in [5, 5.41) is 12.9. The van der Waals surface area contributed by atoms with E-state index in [9.17, 15) is 19.3 Å². The summed E-state index contributed by atoms with van der Waals surface area (Å²) in [7, 11) is 0. The van der Waals surface area contributed by atoms with Gasteiger partial charge in [0, 0.05) is 10.5 Å². The van der Waals surface area contributed by atoms with Crippen LogP contribution in [0.25, 0.3) is 0 Å². The summed E-state index contributed by atoms with van der Waals surface area (Å²) < 4.78 is 14.1. The summed E-state index contributed by atoms with van der Waals surface area (Å²) in [4.78, 5) is 25.5. The molecule has 1 heterocycles. The van der Waals surface area contributed by atoms with Gasteiger partial charge in [-0.05, 0) is 18.2 Å². The Morgan fingerprint density at radius 2 is 2.14 bits per heavy atom. The summed E-state index contributed by atoms with van der Waals surface area (Å²) in [6.45, 7) is 0. The molecule has 3 N–H and O–H groups in total. The maximum Gasteiger partial charge on any atom is 0.288 e. The smallest absolute Gasteiger partial charge is 0.288 e. The van der Waals surface area contributed by atoms with Crippen molar-refractivity contribution in [3.8, 4) is 0 Å². The number of amides is 1. The first kappa shape index (κ1) is 14.9. The highest BCUT2D eigenvalue weighted by Gasteiger charge is 2.17. The summed E-state index contributed by atoms with van der Waals surface area (Å²) in [5.74, 6) is -1.63. The minimum atomic E-state index is -0.787. The average Bonchev–Trinajstić information content (AvgIpc) is 2.42. The van der Waals surface area contributed by atoms with Crippen molar-refractivity contribution in [2.24, 2.45) is 0 Å². The molecule has 0 fully saturated rings. The zero-order valence-electron chi connectivity index (χ0n) is 10.3. The van der Waals surface area contributed by atoms with Gasteiger partial charge in [-0.15, -0.1) is 0 Å². The van der Waals surface area contributed by atoms with Crippen LogP contribution in [-0.2, 0) is 0 Å². The molecule has 0 aliphatic rings. The molecule has 0 spiro atoms. The van der Waals surface area contributed by atoms with Gasteiger partial charge in [-0.2, -0.15) is 0 Å². The quantitative estimate of drug-likeness (QED) is 0.650. The van der Waals surface area contributed by atoms with Crippen LogP contribution in [0.3, 0.4) is 0 Å². The molecule has 2 rings (SSSR count). The van der Waals surface area contributed by atoms with Gasteiger partial charge < -0.3 is 11.1 Å². The Hall–Kier alpha value is -2.55. The van der Waals surface area contributed by atoms with Crippen LogP contribution >= 0.6 is 15.9 Å². The van der Waals surface area contributed by atoms with E-state index >= 15 is 0 Å². The second-order valence-electron chi connectivity index (χ2n) is 3.96. The van der Waals surface area contributed by atoms with Crippen molar-refractivity contribution in [3.63, 3.8) is 0 Å².